The van der Waals surface area contributed by atoms with Gasteiger partial charge in [0, 0.05) is 22.3 Å². The van der Waals surface area contributed by atoms with Gasteiger partial charge < -0.3 is 5.32 Å². The number of hydrogen-bond acceptors (Lipinski definition) is 4. The fraction of sp³-hybridized carbons (Fsp3) is 0.208. The molecule has 180 valence electrons. The highest BCUT2D eigenvalue weighted by atomic mass is 35.5. The van der Waals surface area contributed by atoms with E-state index in [1.807, 2.05) is 0 Å². The van der Waals surface area contributed by atoms with Crippen LogP contribution in [0.4, 0.5) is 10.1 Å². The number of nitrogens with one attached hydrogen (secondary N) is 1. The summed E-state index contributed by atoms with van der Waals surface area (Å²) >= 11 is 13.7. The third-order valence-corrected chi connectivity index (χ3v) is 8.07. The second-order valence-corrected chi connectivity index (χ2v) is 11.1. The van der Waals surface area contributed by atoms with Gasteiger partial charge >= 0.3 is 0 Å². The SMILES string of the molecule is O=C(CN(c1cc(Cl)cc(Cl)c1)S(=O)(=O)c1ccccc1)NCCCSCc1ccccc1F. The van der Waals surface area contributed by atoms with E-state index < -0.39 is 22.5 Å². The lowest BCUT2D eigenvalue weighted by Crippen LogP contribution is -2.41. The lowest BCUT2D eigenvalue weighted by molar-refractivity contribution is -0.119. The summed E-state index contributed by atoms with van der Waals surface area (Å²) < 4.78 is 41.2. The average Bonchev–Trinajstić information content (AvgIpc) is 2.80. The summed E-state index contributed by atoms with van der Waals surface area (Å²) in [6, 6.07) is 18.8. The van der Waals surface area contributed by atoms with E-state index in [-0.39, 0.29) is 26.4 Å². The number of anilines is 1. The van der Waals surface area contributed by atoms with E-state index in [1.165, 1.54) is 36.4 Å². The summed E-state index contributed by atoms with van der Waals surface area (Å²) in [5.41, 5.74) is 0.829. The molecule has 0 fully saturated rings. The molecule has 1 amide bonds. The molecule has 0 heterocycles. The Bertz CT molecular complexity index is 1210. The van der Waals surface area contributed by atoms with Gasteiger partial charge in [-0.15, -0.1) is 0 Å². The Balaban J connectivity index is 1.61. The van der Waals surface area contributed by atoms with E-state index in [1.54, 1.807) is 48.2 Å². The molecule has 0 aliphatic carbocycles. The maximum Gasteiger partial charge on any atom is 0.264 e. The van der Waals surface area contributed by atoms with Crippen LogP contribution in [0, 0.1) is 5.82 Å². The van der Waals surface area contributed by atoms with Crippen molar-refractivity contribution in [3.05, 3.63) is 94.2 Å². The average molecular weight is 541 g/mol. The van der Waals surface area contributed by atoms with E-state index in [0.29, 0.717) is 30.0 Å². The smallest absolute Gasteiger partial charge is 0.264 e. The molecule has 0 bridgehead atoms. The maximum atomic E-state index is 13.7. The topological polar surface area (TPSA) is 66.5 Å². The first kappa shape index (κ1) is 26.3. The van der Waals surface area contributed by atoms with Crippen molar-refractivity contribution in [2.45, 2.75) is 17.1 Å². The van der Waals surface area contributed by atoms with Crippen LogP contribution in [0.15, 0.2) is 77.7 Å². The van der Waals surface area contributed by atoms with E-state index in [0.717, 1.165) is 4.31 Å². The van der Waals surface area contributed by atoms with E-state index in [4.69, 9.17) is 23.2 Å². The number of amides is 1. The molecule has 3 aromatic carbocycles. The number of halogens is 3. The summed E-state index contributed by atoms with van der Waals surface area (Å²) in [6.45, 7) is -0.0745. The van der Waals surface area contributed by atoms with Crippen molar-refractivity contribution in [2.24, 2.45) is 0 Å². The number of hydrogen-bond donors (Lipinski definition) is 1. The number of nitrogens with zero attached hydrogens (tertiary/aromatic N) is 1. The first-order chi connectivity index (χ1) is 16.3. The van der Waals surface area contributed by atoms with Gasteiger partial charge in [0.1, 0.15) is 12.4 Å². The van der Waals surface area contributed by atoms with Gasteiger partial charge in [0.25, 0.3) is 10.0 Å². The summed E-state index contributed by atoms with van der Waals surface area (Å²) in [6.07, 6.45) is 0.652. The van der Waals surface area contributed by atoms with Crippen molar-refractivity contribution in [1.29, 1.82) is 0 Å². The lowest BCUT2D eigenvalue weighted by Gasteiger charge is -2.24. The van der Waals surface area contributed by atoms with Crippen LogP contribution in [0.25, 0.3) is 0 Å². The minimum Gasteiger partial charge on any atom is -0.354 e. The van der Waals surface area contributed by atoms with Gasteiger partial charge in [0.15, 0.2) is 0 Å². The fourth-order valence-electron chi connectivity index (χ4n) is 3.10. The molecule has 10 heteroatoms. The van der Waals surface area contributed by atoms with Crippen LogP contribution < -0.4 is 9.62 Å². The summed E-state index contributed by atoms with van der Waals surface area (Å²) in [5.74, 6) is 0.558. The van der Waals surface area contributed by atoms with Crippen molar-refractivity contribution in [1.82, 2.24) is 5.32 Å². The molecular formula is C24H23Cl2FN2O3S2. The van der Waals surface area contributed by atoms with Crippen LogP contribution in [0.5, 0.6) is 0 Å². The lowest BCUT2D eigenvalue weighted by atomic mass is 10.2. The van der Waals surface area contributed by atoms with Gasteiger partial charge in [0.2, 0.25) is 5.91 Å². The number of carbonyl (C=O) groups excluding carboxylic acids is 1. The molecule has 0 aromatic heterocycles. The molecule has 0 aliphatic heterocycles. The molecule has 3 rings (SSSR count). The first-order valence-electron chi connectivity index (χ1n) is 10.4. The highest BCUT2D eigenvalue weighted by Crippen LogP contribution is 2.29. The Labute approximate surface area is 213 Å². The number of thioether (sulfide) groups is 1. The van der Waals surface area contributed by atoms with Crippen molar-refractivity contribution in [3.63, 3.8) is 0 Å². The quantitative estimate of drug-likeness (QED) is 0.313. The number of rotatable bonds is 11. The maximum absolute atomic E-state index is 13.7. The Morgan fingerprint density at radius 3 is 2.29 bits per heavy atom. The Hall–Kier alpha value is -2.26. The molecule has 0 radical (unpaired) electrons. The molecule has 0 saturated heterocycles. The first-order valence-corrected chi connectivity index (χ1v) is 13.7. The van der Waals surface area contributed by atoms with Crippen LogP contribution >= 0.6 is 35.0 Å². The zero-order valence-electron chi connectivity index (χ0n) is 18.1. The highest BCUT2D eigenvalue weighted by molar-refractivity contribution is 7.98. The molecule has 0 aliphatic rings. The largest absolute Gasteiger partial charge is 0.354 e. The minimum atomic E-state index is -4.04. The third kappa shape index (κ3) is 7.37. The van der Waals surface area contributed by atoms with Crippen molar-refractivity contribution in [2.75, 3.05) is 23.1 Å². The molecule has 3 aromatic rings. The van der Waals surface area contributed by atoms with Gasteiger partial charge in [0.05, 0.1) is 10.6 Å². The standard InChI is InChI=1S/C24H23Cl2FN2O3S2/c25-19-13-20(26)15-21(14-19)29(34(31,32)22-8-2-1-3-9-22)16-24(30)28-11-6-12-33-17-18-7-4-5-10-23(18)27/h1-5,7-10,13-15H,6,11-12,16-17H2,(H,28,30). The predicted molar refractivity (Wildman–Crippen MR) is 138 cm³/mol. The van der Waals surface area contributed by atoms with E-state index in [2.05, 4.69) is 5.32 Å². The third-order valence-electron chi connectivity index (χ3n) is 4.76. The Kier molecular flexibility index (Phi) is 9.64. The monoisotopic (exact) mass is 540 g/mol. The summed E-state index contributed by atoms with van der Waals surface area (Å²) in [5, 5.41) is 3.25. The molecule has 0 spiro atoms. The normalized spacial score (nSPS) is 11.3. The van der Waals surface area contributed by atoms with Crippen LogP contribution in [-0.2, 0) is 20.6 Å². The minimum absolute atomic E-state index is 0.0449. The van der Waals surface area contributed by atoms with Crippen molar-refractivity contribution in [3.8, 4) is 0 Å². The van der Waals surface area contributed by atoms with Gasteiger partial charge in [-0.3, -0.25) is 9.10 Å². The summed E-state index contributed by atoms with van der Waals surface area (Å²) in [4.78, 5) is 12.7. The van der Waals surface area contributed by atoms with Gasteiger partial charge in [-0.05, 0) is 54.1 Å². The Morgan fingerprint density at radius 1 is 0.971 bits per heavy atom. The van der Waals surface area contributed by atoms with Gasteiger partial charge in [-0.2, -0.15) is 11.8 Å². The second-order valence-electron chi connectivity index (χ2n) is 7.30. The summed E-state index contributed by atoms with van der Waals surface area (Å²) in [7, 11) is -4.04. The van der Waals surface area contributed by atoms with Crippen LogP contribution in [-0.4, -0.2) is 33.2 Å². The van der Waals surface area contributed by atoms with E-state index in [9.17, 15) is 17.6 Å². The molecule has 0 saturated carbocycles. The predicted octanol–water partition coefficient (Wildman–Crippen LogP) is 5.77. The zero-order chi connectivity index (χ0) is 24.6. The van der Waals surface area contributed by atoms with E-state index >= 15 is 0 Å². The molecule has 34 heavy (non-hydrogen) atoms. The Morgan fingerprint density at radius 2 is 1.62 bits per heavy atom. The highest BCUT2D eigenvalue weighted by Gasteiger charge is 2.27. The fourth-order valence-corrected chi connectivity index (χ4v) is 5.99. The molecule has 0 unspecified atom stereocenters. The molecular weight excluding hydrogens is 518 g/mol. The van der Waals surface area contributed by atoms with Gasteiger partial charge in [-0.25, -0.2) is 12.8 Å². The van der Waals surface area contributed by atoms with Crippen molar-refractivity contribution >= 4 is 56.6 Å². The van der Waals surface area contributed by atoms with Crippen LogP contribution in [0.2, 0.25) is 10.0 Å². The number of sulfonamides is 1. The zero-order valence-corrected chi connectivity index (χ0v) is 21.2. The number of benzene rings is 3. The van der Waals surface area contributed by atoms with Gasteiger partial charge in [-0.1, -0.05) is 59.6 Å². The molecule has 5 nitrogen and oxygen atoms in total. The molecule has 1 N–H and O–H groups in total. The van der Waals surface area contributed by atoms with Crippen LogP contribution in [0.3, 0.4) is 0 Å². The molecule has 0 atom stereocenters. The number of carbonyl (C=O) groups is 1. The van der Waals surface area contributed by atoms with Crippen LogP contribution in [0.1, 0.15) is 12.0 Å². The second kappa shape index (κ2) is 12.4. The van der Waals surface area contributed by atoms with Crippen molar-refractivity contribution < 1.29 is 17.6 Å².